The van der Waals surface area contributed by atoms with E-state index in [0.29, 0.717) is 27.3 Å². The smallest absolute Gasteiger partial charge is 0.262 e. The van der Waals surface area contributed by atoms with Crippen LogP contribution in [0.25, 0.3) is 28.4 Å². The van der Waals surface area contributed by atoms with Gasteiger partial charge in [-0.2, -0.15) is 0 Å². The zero-order chi connectivity index (χ0) is 25.0. The first-order chi connectivity index (χ1) is 16.7. The van der Waals surface area contributed by atoms with Gasteiger partial charge in [-0.3, -0.25) is 14.2 Å². The number of nitrogens with one attached hydrogen (secondary N) is 1. The summed E-state index contributed by atoms with van der Waals surface area (Å²) in [6, 6.07) is 12.9. The third kappa shape index (κ3) is 6.59. The monoisotopic (exact) mass is 492 g/mol. The summed E-state index contributed by atoms with van der Waals surface area (Å²) in [6.45, 7) is 9.03. The van der Waals surface area contributed by atoms with Crippen LogP contribution in [0.1, 0.15) is 45.6 Å². The van der Waals surface area contributed by atoms with Gasteiger partial charge in [-0.1, -0.05) is 42.0 Å². The standard InChI is InChI=1S/C28H33ClN4O2/c1-28(2,3)31-25(34)19-33-26(21-10-8-11-22(29)18-21)30-24-13-12-20(17-23(24)27(33)35)9-4-5-14-32-15-6-7-16-32/h4,8-13,17-18H,5-7,14-16,19H2,1-3H3,(H,31,34)/b9-4+. The van der Waals surface area contributed by atoms with Crippen LogP contribution in [-0.4, -0.2) is 45.5 Å². The number of fused-ring (bicyclic) bond motifs is 1. The van der Waals surface area contributed by atoms with Gasteiger partial charge in [0.2, 0.25) is 5.91 Å². The van der Waals surface area contributed by atoms with Crippen LogP contribution >= 0.6 is 11.6 Å². The van der Waals surface area contributed by atoms with Crippen molar-refractivity contribution in [3.05, 3.63) is 69.5 Å². The van der Waals surface area contributed by atoms with Gasteiger partial charge in [0.15, 0.2) is 0 Å². The molecular weight excluding hydrogens is 460 g/mol. The first-order valence-corrected chi connectivity index (χ1v) is 12.6. The summed E-state index contributed by atoms with van der Waals surface area (Å²) in [4.78, 5) is 33.7. The Labute approximate surface area is 211 Å². The van der Waals surface area contributed by atoms with Crippen molar-refractivity contribution in [2.75, 3.05) is 19.6 Å². The van der Waals surface area contributed by atoms with Gasteiger partial charge in [0.1, 0.15) is 12.4 Å². The molecule has 1 fully saturated rings. The summed E-state index contributed by atoms with van der Waals surface area (Å²) in [5.74, 6) is 0.171. The molecule has 7 heteroatoms. The number of aromatic nitrogens is 2. The molecule has 2 heterocycles. The minimum absolute atomic E-state index is 0.128. The lowest BCUT2D eigenvalue weighted by Gasteiger charge is -2.21. The summed E-state index contributed by atoms with van der Waals surface area (Å²) in [5, 5.41) is 3.96. The van der Waals surface area contributed by atoms with E-state index in [1.165, 1.54) is 30.5 Å². The van der Waals surface area contributed by atoms with E-state index in [1.54, 1.807) is 12.1 Å². The lowest BCUT2D eigenvalue weighted by Crippen LogP contribution is -2.43. The van der Waals surface area contributed by atoms with E-state index in [4.69, 9.17) is 16.6 Å². The second kappa shape index (κ2) is 10.8. The third-order valence-corrected chi connectivity index (χ3v) is 6.23. The summed E-state index contributed by atoms with van der Waals surface area (Å²) < 4.78 is 1.44. The molecule has 0 aliphatic carbocycles. The van der Waals surface area contributed by atoms with Gasteiger partial charge in [0.25, 0.3) is 5.56 Å². The molecule has 6 nitrogen and oxygen atoms in total. The minimum Gasteiger partial charge on any atom is -0.350 e. The molecule has 1 saturated heterocycles. The van der Waals surface area contributed by atoms with Gasteiger partial charge in [0.05, 0.1) is 10.9 Å². The first-order valence-electron chi connectivity index (χ1n) is 12.2. The molecule has 1 aliphatic rings. The number of hydrogen-bond acceptors (Lipinski definition) is 4. The summed E-state index contributed by atoms with van der Waals surface area (Å²) in [6.07, 6.45) is 7.76. The third-order valence-electron chi connectivity index (χ3n) is 6.00. The maximum atomic E-state index is 13.6. The van der Waals surface area contributed by atoms with Crippen molar-refractivity contribution in [3.63, 3.8) is 0 Å². The van der Waals surface area contributed by atoms with E-state index in [9.17, 15) is 9.59 Å². The fourth-order valence-corrected chi connectivity index (χ4v) is 4.61. The summed E-state index contributed by atoms with van der Waals surface area (Å²) in [7, 11) is 0. The molecule has 0 atom stereocenters. The van der Waals surface area contributed by atoms with E-state index in [1.807, 2.05) is 51.1 Å². The maximum absolute atomic E-state index is 13.6. The van der Waals surface area contributed by atoms with Gasteiger partial charge in [-0.25, -0.2) is 4.98 Å². The van der Waals surface area contributed by atoms with Crippen molar-refractivity contribution in [1.82, 2.24) is 19.8 Å². The SMILES string of the molecule is CC(C)(C)NC(=O)Cn1c(-c2cccc(Cl)c2)nc2ccc(/C=C/CCN3CCCC3)cc2c1=O. The van der Waals surface area contributed by atoms with Crippen LogP contribution < -0.4 is 10.9 Å². The molecular formula is C28H33ClN4O2. The normalized spacial score (nSPS) is 14.7. The van der Waals surface area contributed by atoms with E-state index in [0.717, 1.165) is 18.5 Å². The number of amides is 1. The Bertz CT molecular complexity index is 1300. The average molecular weight is 493 g/mol. The number of halogens is 1. The molecule has 1 N–H and O–H groups in total. The van der Waals surface area contributed by atoms with Crippen LogP contribution in [0.3, 0.4) is 0 Å². The largest absolute Gasteiger partial charge is 0.350 e. The van der Waals surface area contributed by atoms with Crippen LogP contribution in [0.5, 0.6) is 0 Å². The van der Waals surface area contributed by atoms with E-state index >= 15 is 0 Å². The van der Waals surface area contributed by atoms with Gasteiger partial charge in [-0.05, 0) is 83.0 Å². The topological polar surface area (TPSA) is 67.2 Å². The Balaban J connectivity index is 1.69. The predicted octanol–water partition coefficient (Wildman–Crippen LogP) is 5.13. The van der Waals surface area contributed by atoms with Crippen molar-refractivity contribution in [2.24, 2.45) is 0 Å². The Kier molecular flexibility index (Phi) is 7.72. The van der Waals surface area contributed by atoms with Gasteiger partial charge in [0, 0.05) is 22.7 Å². The molecule has 0 saturated carbocycles. The molecule has 184 valence electrons. The second-order valence-electron chi connectivity index (χ2n) is 10.2. The lowest BCUT2D eigenvalue weighted by atomic mass is 10.1. The van der Waals surface area contributed by atoms with Gasteiger partial charge >= 0.3 is 0 Å². The molecule has 1 amide bonds. The van der Waals surface area contributed by atoms with E-state index < -0.39 is 5.54 Å². The highest BCUT2D eigenvalue weighted by Gasteiger charge is 2.19. The van der Waals surface area contributed by atoms with Gasteiger partial charge in [-0.15, -0.1) is 0 Å². The fourth-order valence-electron chi connectivity index (χ4n) is 4.42. The number of nitrogens with zero attached hydrogens (tertiary/aromatic N) is 3. The van der Waals surface area contributed by atoms with Gasteiger partial charge < -0.3 is 10.2 Å². The number of rotatable bonds is 7. The Morgan fingerprint density at radius 1 is 1.14 bits per heavy atom. The molecule has 0 spiro atoms. The maximum Gasteiger partial charge on any atom is 0.262 e. The number of carbonyl (C=O) groups excluding carboxylic acids is 1. The van der Waals surface area contributed by atoms with E-state index in [2.05, 4.69) is 22.4 Å². The molecule has 0 radical (unpaired) electrons. The number of carbonyl (C=O) groups is 1. The van der Waals surface area contributed by atoms with Crippen molar-refractivity contribution < 1.29 is 4.79 Å². The Morgan fingerprint density at radius 2 is 1.91 bits per heavy atom. The molecule has 0 bridgehead atoms. The van der Waals surface area contributed by atoms with Crippen LogP contribution in [0.2, 0.25) is 5.02 Å². The molecule has 2 aromatic carbocycles. The van der Waals surface area contributed by atoms with Crippen LogP contribution in [-0.2, 0) is 11.3 Å². The molecule has 3 aromatic rings. The van der Waals surface area contributed by atoms with Crippen molar-refractivity contribution in [2.45, 2.75) is 52.1 Å². The van der Waals surface area contributed by atoms with Crippen LogP contribution in [0, 0.1) is 0 Å². The number of benzene rings is 2. The highest BCUT2D eigenvalue weighted by atomic mass is 35.5. The fraction of sp³-hybridized carbons (Fsp3) is 0.393. The first kappa shape index (κ1) is 25.1. The molecule has 35 heavy (non-hydrogen) atoms. The van der Waals surface area contributed by atoms with Crippen molar-refractivity contribution in [1.29, 1.82) is 0 Å². The highest BCUT2D eigenvalue weighted by Crippen LogP contribution is 2.23. The highest BCUT2D eigenvalue weighted by molar-refractivity contribution is 6.30. The minimum atomic E-state index is -0.409. The molecule has 1 aliphatic heterocycles. The number of hydrogen-bond donors (Lipinski definition) is 1. The van der Waals surface area contributed by atoms with E-state index in [-0.39, 0.29) is 18.0 Å². The van der Waals surface area contributed by atoms with Crippen LogP contribution in [0.15, 0.2) is 53.3 Å². The van der Waals surface area contributed by atoms with Crippen LogP contribution in [0.4, 0.5) is 0 Å². The second-order valence-corrected chi connectivity index (χ2v) is 10.6. The Hall–Kier alpha value is -2.96. The lowest BCUT2D eigenvalue weighted by molar-refractivity contribution is -0.123. The molecule has 0 unspecified atom stereocenters. The zero-order valence-electron chi connectivity index (χ0n) is 20.7. The van der Waals surface area contributed by atoms with Crippen molar-refractivity contribution in [3.8, 4) is 11.4 Å². The quantitative estimate of drug-likeness (QED) is 0.496. The zero-order valence-corrected chi connectivity index (χ0v) is 21.4. The van der Waals surface area contributed by atoms with Crippen molar-refractivity contribution >= 4 is 34.5 Å². The molecule has 1 aromatic heterocycles. The predicted molar refractivity (Wildman–Crippen MR) is 144 cm³/mol. The molecule has 4 rings (SSSR count). The number of likely N-dealkylation sites (tertiary alicyclic amines) is 1. The average Bonchev–Trinajstić information content (AvgIpc) is 3.31. The Morgan fingerprint density at radius 3 is 2.63 bits per heavy atom. The summed E-state index contributed by atoms with van der Waals surface area (Å²) >= 11 is 6.22. The summed E-state index contributed by atoms with van der Waals surface area (Å²) in [5.41, 5.74) is 1.56.